The highest BCUT2D eigenvalue weighted by Gasteiger charge is 2.10. The molecule has 0 fully saturated rings. The minimum atomic E-state index is -0.262. The second kappa shape index (κ2) is 8.22. The Kier molecular flexibility index (Phi) is 6.30. The maximum atomic E-state index is 12.8. The third-order valence-electron chi connectivity index (χ3n) is 3.17. The fourth-order valence-electron chi connectivity index (χ4n) is 1.96. The summed E-state index contributed by atoms with van der Waals surface area (Å²) in [5.74, 6) is 1.07. The summed E-state index contributed by atoms with van der Waals surface area (Å²) in [6.45, 7) is 1.86. The van der Waals surface area contributed by atoms with Gasteiger partial charge in [0.15, 0.2) is 0 Å². The summed E-state index contributed by atoms with van der Waals surface area (Å²) in [5.41, 5.74) is 2.44. The monoisotopic (exact) mass is 353 g/mol. The number of benzene rings is 2. The summed E-state index contributed by atoms with van der Waals surface area (Å²) in [4.78, 5) is 12.0. The molecule has 0 aliphatic carbocycles. The number of amides is 1. The summed E-state index contributed by atoms with van der Waals surface area (Å²) in [5, 5.41) is 3.41. The van der Waals surface area contributed by atoms with Gasteiger partial charge in [-0.3, -0.25) is 4.79 Å². The second-order valence-corrected chi connectivity index (χ2v) is 6.36. The van der Waals surface area contributed by atoms with Gasteiger partial charge in [-0.1, -0.05) is 23.7 Å². The minimum absolute atomic E-state index is 0.128. The number of carbonyl (C=O) groups excluding carboxylic acids is 1. The molecule has 0 spiro atoms. The standard InChI is InChI=1S/C17H17ClFNO2S/c1-11-7-15(16(22-2)8-14(11)18)20-17(21)10-23-9-12-3-5-13(19)6-4-12/h3-8H,9-10H2,1-2H3,(H,20,21). The molecule has 2 aromatic rings. The van der Waals surface area contributed by atoms with Crippen LogP contribution in [0, 0.1) is 12.7 Å². The van der Waals surface area contributed by atoms with Crippen LogP contribution in [0.2, 0.25) is 5.02 Å². The van der Waals surface area contributed by atoms with Crippen LogP contribution in [0.25, 0.3) is 0 Å². The number of methoxy groups -OCH3 is 1. The molecule has 0 bridgehead atoms. The quantitative estimate of drug-likeness (QED) is 0.820. The summed E-state index contributed by atoms with van der Waals surface area (Å²) in [6.07, 6.45) is 0. The molecule has 0 aliphatic rings. The molecule has 1 N–H and O–H groups in total. The van der Waals surface area contributed by atoms with Gasteiger partial charge in [-0.25, -0.2) is 4.39 Å². The average molecular weight is 354 g/mol. The molecule has 0 aliphatic heterocycles. The second-order valence-electron chi connectivity index (χ2n) is 4.97. The normalized spacial score (nSPS) is 10.4. The first kappa shape index (κ1) is 17.6. The zero-order valence-corrected chi connectivity index (χ0v) is 14.4. The van der Waals surface area contributed by atoms with Gasteiger partial charge in [-0.2, -0.15) is 0 Å². The lowest BCUT2D eigenvalue weighted by atomic mass is 10.2. The van der Waals surface area contributed by atoms with Crippen molar-refractivity contribution in [1.82, 2.24) is 0 Å². The van der Waals surface area contributed by atoms with E-state index in [2.05, 4.69) is 5.32 Å². The molecule has 0 atom stereocenters. The van der Waals surface area contributed by atoms with Gasteiger partial charge in [0, 0.05) is 16.8 Å². The highest BCUT2D eigenvalue weighted by molar-refractivity contribution is 7.99. The molecule has 0 radical (unpaired) electrons. The molecule has 0 saturated heterocycles. The molecular weight excluding hydrogens is 337 g/mol. The van der Waals surface area contributed by atoms with E-state index in [4.69, 9.17) is 16.3 Å². The Bertz CT molecular complexity index is 692. The predicted octanol–water partition coefficient (Wildman–Crippen LogP) is 4.67. The Labute approximate surface area is 144 Å². The van der Waals surface area contributed by atoms with Crippen molar-refractivity contribution in [2.75, 3.05) is 18.2 Å². The van der Waals surface area contributed by atoms with Gasteiger partial charge in [-0.15, -0.1) is 11.8 Å². The number of anilines is 1. The van der Waals surface area contributed by atoms with Gasteiger partial charge in [-0.05, 0) is 36.2 Å². The minimum Gasteiger partial charge on any atom is -0.495 e. The first-order valence-corrected chi connectivity index (χ1v) is 8.49. The molecule has 0 unspecified atom stereocenters. The van der Waals surface area contributed by atoms with Crippen molar-refractivity contribution in [3.05, 3.63) is 58.4 Å². The van der Waals surface area contributed by atoms with E-state index in [1.807, 2.05) is 6.92 Å². The van der Waals surface area contributed by atoms with Crippen LogP contribution in [-0.4, -0.2) is 18.8 Å². The summed E-state index contributed by atoms with van der Waals surface area (Å²) < 4.78 is 18.0. The van der Waals surface area contributed by atoms with Gasteiger partial charge in [0.2, 0.25) is 5.91 Å². The van der Waals surface area contributed by atoms with Crippen LogP contribution < -0.4 is 10.1 Å². The van der Waals surface area contributed by atoms with Gasteiger partial charge < -0.3 is 10.1 Å². The zero-order valence-electron chi connectivity index (χ0n) is 12.9. The molecule has 0 heterocycles. The number of thioether (sulfide) groups is 1. The molecule has 2 aromatic carbocycles. The van der Waals surface area contributed by atoms with Crippen LogP contribution in [0.3, 0.4) is 0 Å². The first-order chi connectivity index (χ1) is 11.0. The fourth-order valence-corrected chi connectivity index (χ4v) is 2.90. The molecule has 23 heavy (non-hydrogen) atoms. The molecule has 2 rings (SSSR count). The number of carbonyl (C=O) groups is 1. The average Bonchev–Trinajstić information content (AvgIpc) is 2.52. The van der Waals surface area contributed by atoms with E-state index >= 15 is 0 Å². The van der Waals surface area contributed by atoms with E-state index in [0.717, 1.165) is 11.1 Å². The molecule has 1 amide bonds. The third kappa shape index (κ3) is 5.15. The van der Waals surface area contributed by atoms with Crippen LogP contribution in [0.4, 0.5) is 10.1 Å². The highest BCUT2D eigenvalue weighted by Crippen LogP contribution is 2.31. The molecule has 0 aromatic heterocycles. The van der Waals surface area contributed by atoms with Gasteiger partial charge in [0.05, 0.1) is 18.6 Å². The largest absolute Gasteiger partial charge is 0.495 e. The maximum absolute atomic E-state index is 12.8. The van der Waals surface area contributed by atoms with Crippen molar-refractivity contribution in [3.63, 3.8) is 0 Å². The smallest absolute Gasteiger partial charge is 0.234 e. The van der Waals surface area contributed by atoms with E-state index in [1.165, 1.54) is 31.0 Å². The number of ether oxygens (including phenoxy) is 1. The van der Waals surface area contributed by atoms with Crippen molar-refractivity contribution >= 4 is 35.0 Å². The Morgan fingerprint density at radius 1 is 1.30 bits per heavy atom. The third-order valence-corrected chi connectivity index (χ3v) is 4.58. The number of nitrogens with one attached hydrogen (secondary N) is 1. The fraction of sp³-hybridized carbons (Fsp3) is 0.235. The van der Waals surface area contributed by atoms with E-state index in [0.29, 0.717) is 28.0 Å². The predicted molar refractivity (Wildman–Crippen MR) is 93.9 cm³/mol. The Hall–Kier alpha value is -1.72. The SMILES string of the molecule is COc1cc(Cl)c(C)cc1NC(=O)CSCc1ccc(F)cc1. The maximum Gasteiger partial charge on any atom is 0.234 e. The van der Waals surface area contributed by atoms with Crippen LogP contribution in [0.5, 0.6) is 5.75 Å². The lowest BCUT2D eigenvalue weighted by Crippen LogP contribution is -2.15. The van der Waals surface area contributed by atoms with E-state index in [9.17, 15) is 9.18 Å². The van der Waals surface area contributed by atoms with Gasteiger partial charge in [0.25, 0.3) is 0 Å². The van der Waals surface area contributed by atoms with Crippen molar-refractivity contribution in [2.24, 2.45) is 0 Å². The van der Waals surface area contributed by atoms with Crippen LogP contribution >= 0.6 is 23.4 Å². The van der Waals surface area contributed by atoms with Crippen LogP contribution in [0.1, 0.15) is 11.1 Å². The van der Waals surface area contributed by atoms with Gasteiger partial charge in [0.1, 0.15) is 11.6 Å². The number of aryl methyl sites for hydroxylation is 1. The molecular formula is C17H17ClFNO2S. The molecule has 3 nitrogen and oxygen atoms in total. The van der Waals surface area contributed by atoms with Crippen molar-refractivity contribution in [2.45, 2.75) is 12.7 Å². The number of hydrogen-bond donors (Lipinski definition) is 1. The lowest BCUT2D eigenvalue weighted by molar-refractivity contribution is -0.113. The summed E-state index contributed by atoms with van der Waals surface area (Å²) in [6, 6.07) is 9.72. The topological polar surface area (TPSA) is 38.3 Å². The van der Waals surface area contributed by atoms with E-state index in [-0.39, 0.29) is 11.7 Å². The molecule has 122 valence electrons. The number of rotatable bonds is 6. The van der Waals surface area contributed by atoms with Crippen molar-refractivity contribution < 1.29 is 13.9 Å². The van der Waals surface area contributed by atoms with E-state index in [1.54, 1.807) is 24.3 Å². The van der Waals surface area contributed by atoms with Crippen molar-refractivity contribution in [1.29, 1.82) is 0 Å². The molecule has 0 saturated carbocycles. The van der Waals surface area contributed by atoms with Crippen molar-refractivity contribution in [3.8, 4) is 5.75 Å². The molecule has 6 heteroatoms. The summed E-state index contributed by atoms with van der Waals surface area (Å²) in [7, 11) is 1.53. The Morgan fingerprint density at radius 3 is 2.65 bits per heavy atom. The van der Waals surface area contributed by atoms with E-state index < -0.39 is 0 Å². The van der Waals surface area contributed by atoms with Gasteiger partial charge >= 0.3 is 0 Å². The van der Waals surface area contributed by atoms with Crippen LogP contribution in [-0.2, 0) is 10.5 Å². The first-order valence-electron chi connectivity index (χ1n) is 6.95. The van der Waals surface area contributed by atoms with Crippen LogP contribution in [0.15, 0.2) is 36.4 Å². The highest BCUT2D eigenvalue weighted by atomic mass is 35.5. The lowest BCUT2D eigenvalue weighted by Gasteiger charge is -2.12. The summed E-state index contributed by atoms with van der Waals surface area (Å²) >= 11 is 7.50. The number of halogens is 2. The zero-order chi connectivity index (χ0) is 16.8. The number of hydrogen-bond acceptors (Lipinski definition) is 3. The Balaban J connectivity index is 1.89. The Morgan fingerprint density at radius 2 is 2.00 bits per heavy atom.